The topological polar surface area (TPSA) is 70.2 Å². The van der Waals surface area contributed by atoms with E-state index in [-0.39, 0.29) is 22.8 Å². The Morgan fingerprint density at radius 3 is 2.86 bits per heavy atom. The van der Waals surface area contributed by atoms with Gasteiger partial charge in [-0.3, -0.25) is 9.59 Å². The molecular formula is C23H26FN3O2. The fourth-order valence-corrected chi connectivity index (χ4v) is 4.64. The molecule has 1 aliphatic carbocycles. The second-order valence-corrected chi connectivity index (χ2v) is 8.08. The van der Waals surface area contributed by atoms with Gasteiger partial charge in [0.1, 0.15) is 5.82 Å². The number of rotatable bonds is 5. The molecule has 3 N–H and O–H groups in total. The number of hydrogen-bond donors (Lipinski definition) is 3. The monoisotopic (exact) mass is 395 g/mol. The maximum atomic E-state index is 13.3. The fraction of sp³-hybridized carbons (Fsp3) is 0.391. The summed E-state index contributed by atoms with van der Waals surface area (Å²) in [5.74, 6) is -0.267. The minimum absolute atomic E-state index is 0.126. The Bertz CT molecular complexity index is 917. The van der Waals surface area contributed by atoms with E-state index in [1.54, 1.807) is 12.1 Å². The van der Waals surface area contributed by atoms with Crippen LogP contribution in [0.3, 0.4) is 0 Å². The Hall–Kier alpha value is -2.73. The molecule has 2 atom stereocenters. The van der Waals surface area contributed by atoms with E-state index in [1.807, 2.05) is 18.2 Å². The minimum atomic E-state index is -0.448. The number of hydrogen-bond acceptors (Lipinski definition) is 3. The lowest BCUT2D eigenvalue weighted by Gasteiger charge is -2.37. The first-order valence-corrected chi connectivity index (χ1v) is 10.2. The third-order valence-electron chi connectivity index (χ3n) is 6.22. The molecule has 0 unspecified atom stereocenters. The minimum Gasteiger partial charge on any atom is -0.351 e. The zero-order valence-electron chi connectivity index (χ0n) is 16.3. The number of amides is 2. The van der Waals surface area contributed by atoms with Crippen LogP contribution >= 0.6 is 0 Å². The van der Waals surface area contributed by atoms with Crippen LogP contribution in [0.4, 0.5) is 10.1 Å². The molecule has 1 aliphatic heterocycles. The van der Waals surface area contributed by atoms with Crippen LogP contribution in [0.2, 0.25) is 0 Å². The maximum absolute atomic E-state index is 13.3. The van der Waals surface area contributed by atoms with Gasteiger partial charge in [-0.15, -0.1) is 0 Å². The van der Waals surface area contributed by atoms with E-state index in [0.717, 1.165) is 37.9 Å². The molecule has 2 aromatic rings. The summed E-state index contributed by atoms with van der Waals surface area (Å²) in [5, 5.41) is 9.29. The molecule has 152 valence electrons. The SMILES string of the molecule is O=C(Nc1cccc(CNC(=O)[C@@]23CCCC[C@H]2CNC3)c1)c1cccc(F)c1. The standard InChI is InChI=1S/C23H26FN3O2/c24-19-8-4-6-17(12-19)21(28)27-20-9-3-5-16(11-20)13-26-22(29)23-10-2-1-7-18(23)14-25-15-23/h3-6,8-9,11-12,18,25H,1-2,7,10,13-15H2,(H,26,29)(H,27,28)/t18-,23+/m0/s1. The highest BCUT2D eigenvalue weighted by molar-refractivity contribution is 6.04. The Kier molecular flexibility index (Phi) is 5.62. The maximum Gasteiger partial charge on any atom is 0.255 e. The highest BCUT2D eigenvalue weighted by Gasteiger charge is 2.49. The molecule has 2 fully saturated rings. The van der Waals surface area contributed by atoms with Gasteiger partial charge in [0.25, 0.3) is 5.91 Å². The van der Waals surface area contributed by atoms with Gasteiger partial charge in [0.05, 0.1) is 5.41 Å². The lowest BCUT2D eigenvalue weighted by Crippen LogP contribution is -2.47. The van der Waals surface area contributed by atoms with Gasteiger partial charge in [-0.2, -0.15) is 0 Å². The van der Waals surface area contributed by atoms with Crippen molar-refractivity contribution in [1.29, 1.82) is 0 Å². The number of carbonyl (C=O) groups is 2. The van der Waals surface area contributed by atoms with Crippen molar-refractivity contribution in [3.63, 3.8) is 0 Å². The van der Waals surface area contributed by atoms with Crippen molar-refractivity contribution in [1.82, 2.24) is 10.6 Å². The second-order valence-electron chi connectivity index (χ2n) is 8.08. The van der Waals surface area contributed by atoms with Crippen molar-refractivity contribution in [3.05, 3.63) is 65.5 Å². The van der Waals surface area contributed by atoms with Crippen LogP contribution in [0.25, 0.3) is 0 Å². The van der Waals surface area contributed by atoms with Crippen LogP contribution in [0.1, 0.15) is 41.6 Å². The van der Waals surface area contributed by atoms with E-state index >= 15 is 0 Å². The first-order chi connectivity index (χ1) is 14.1. The van der Waals surface area contributed by atoms with Crippen molar-refractivity contribution >= 4 is 17.5 Å². The zero-order valence-corrected chi connectivity index (χ0v) is 16.3. The summed E-state index contributed by atoms with van der Waals surface area (Å²) in [5.41, 5.74) is 1.51. The van der Waals surface area contributed by atoms with Gasteiger partial charge in [0.15, 0.2) is 0 Å². The molecule has 1 heterocycles. The fourth-order valence-electron chi connectivity index (χ4n) is 4.64. The molecule has 0 bridgehead atoms. The van der Waals surface area contributed by atoms with E-state index in [9.17, 15) is 14.0 Å². The molecule has 5 nitrogen and oxygen atoms in total. The Labute approximate surface area is 170 Å². The van der Waals surface area contributed by atoms with E-state index in [1.165, 1.54) is 24.6 Å². The zero-order chi connectivity index (χ0) is 20.3. The van der Waals surface area contributed by atoms with Crippen LogP contribution in [-0.2, 0) is 11.3 Å². The van der Waals surface area contributed by atoms with Crippen LogP contribution in [0.5, 0.6) is 0 Å². The smallest absolute Gasteiger partial charge is 0.255 e. The largest absolute Gasteiger partial charge is 0.351 e. The van der Waals surface area contributed by atoms with Crippen molar-refractivity contribution in [2.24, 2.45) is 11.3 Å². The normalized spacial score (nSPS) is 23.3. The van der Waals surface area contributed by atoms with Gasteiger partial charge >= 0.3 is 0 Å². The van der Waals surface area contributed by atoms with Crippen LogP contribution < -0.4 is 16.0 Å². The summed E-state index contributed by atoms with van der Waals surface area (Å²) in [6, 6.07) is 12.9. The molecule has 0 spiro atoms. The van der Waals surface area contributed by atoms with Crippen LogP contribution in [0.15, 0.2) is 48.5 Å². The molecule has 4 rings (SSSR count). The number of carbonyl (C=O) groups excluding carboxylic acids is 2. The number of benzene rings is 2. The first kappa shape index (κ1) is 19.6. The molecule has 2 aromatic carbocycles. The van der Waals surface area contributed by atoms with Crippen molar-refractivity contribution in [2.45, 2.75) is 32.2 Å². The highest BCUT2D eigenvalue weighted by atomic mass is 19.1. The lowest BCUT2D eigenvalue weighted by molar-refractivity contribution is -0.134. The number of nitrogens with one attached hydrogen (secondary N) is 3. The first-order valence-electron chi connectivity index (χ1n) is 10.2. The van der Waals surface area contributed by atoms with Crippen molar-refractivity contribution in [3.8, 4) is 0 Å². The average Bonchev–Trinajstić information content (AvgIpc) is 3.18. The van der Waals surface area contributed by atoms with Crippen molar-refractivity contribution < 1.29 is 14.0 Å². The third-order valence-corrected chi connectivity index (χ3v) is 6.22. The average molecular weight is 395 g/mol. The predicted molar refractivity (Wildman–Crippen MR) is 110 cm³/mol. The van der Waals surface area contributed by atoms with Crippen LogP contribution in [0, 0.1) is 17.2 Å². The van der Waals surface area contributed by atoms with E-state index < -0.39 is 5.82 Å². The van der Waals surface area contributed by atoms with Gasteiger partial charge in [-0.25, -0.2) is 4.39 Å². The van der Waals surface area contributed by atoms with E-state index in [2.05, 4.69) is 16.0 Å². The van der Waals surface area contributed by atoms with E-state index in [0.29, 0.717) is 18.2 Å². The molecular weight excluding hydrogens is 369 g/mol. The quantitative estimate of drug-likeness (QED) is 0.726. The second kappa shape index (κ2) is 8.33. The molecule has 1 saturated heterocycles. The molecule has 1 saturated carbocycles. The summed E-state index contributed by atoms with van der Waals surface area (Å²) in [6.45, 7) is 2.10. The van der Waals surface area contributed by atoms with Gasteiger partial charge in [-0.1, -0.05) is 31.0 Å². The molecule has 0 aromatic heterocycles. The molecule has 0 radical (unpaired) electrons. The summed E-state index contributed by atoms with van der Waals surface area (Å²) >= 11 is 0. The van der Waals surface area contributed by atoms with Gasteiger partial charge in [-0.05, 0) is 61.2 Å². The van der Waals surface area contributed by atoms with Crippen LogP contribution in [-0.4, -0.2) is 24.9 Å². The summed E-state index contributed by atoms with van der Waals surface area (Å²) in [7, 11) is 0. The Morgan fingerprint density at radius 2 is 2.00 bits per heavy atom. The summed E-state index contributed by atoms with van der Waals surface area (Å²) in [6.07, 6.45) is 4.36. The molecule has 2 amide bonds. The molecule has 29 heavy (non-hydrogen) atoms. The number of halogens is 1. The lowest BCUT2D eigenvalue weighted by atomic mass is 9.67. The molecule has 2 aliphatic rings. The Balaban J connectivity index is 1.39. The highest BCUT2D eigenvalue weighted by Crippen LogP contribution is 2.43. The summed E-state index contributed by atoms with van der Waals surface area (Å²) in [4.78, 5) is 25.3. The predicted octanol–water partition coefficient (Wildman–Crippen LogP) is 3.47. The van der Waals surface area contributed by atoms with Gasteiger partial charge in [0, 0.05) is 24.3 Å². The van der Waals surface area contributed by atoms with E-state index in [4.69, 9.17) is 0 Å². The van der Waals surface area contributed by atoms with Gasteiger partial charge < -0.3 is 16.0 Å². The number of anilines is 1. The Morgan fingerprint density at radius 1 is 1.14 bits per heavy atom. The summed E-state index contributed by atoms with van der Waals surface area (Å²) < 4.78 is 13.3. The molecule has 6 heteroatoms. The number of fused-ring (bicyclic) bond motifs is 1. The third kappa shape index (κ3) is 4.17. The van der Waals surface area contributed by atoms with Crippen molar-refractivity contribution in [2.75, 3.05) is 18.4 Å². The van der Waals surface area contributed by atoms with Gasteiger partial charge in [0.2, 0.25) is 5.91 Å².